The molecule has 4 rings (SSSR count). The van der Waals surface area contributed by atoms with Crippen LogP contribution in [0.2, 0.25) is 0 Å². The molecule has 2 aliphatic heterocycles. The van der Waals surface area contributed by atoms with E-state index in [1.165, 1.54) is 4.31 Å². The minimum Gasteiger partial charge on any atom is -0.336 e. The van der Waals surface area contributed by atoms with E-state index in [1.54, 1.807) is 24.3 Å². The fourth-order valence-corrected chi connectivity index (χ4v) is 5.15. The monoisotopic (exact) mass is 385 g/mol. The number of likely N-dealkylation sites (N-methyl/N-ethyl adjacent to an activating group) is 1. The molecule has 0 aliphatic carbocycles. The predicted molar refractivity (Wildman–Crippen MR) is 105 cm³/mol. The Bertz CT molecular complexity index is 949. The van der Waals surface area contributed by atoms with Gasteiger partial charge in [-0.15, -0.1) is 0 Å². The Morgan fingerprint density at radius 2 is 1.56 bits per heavy atom. The van der Waals surface area contributed by atoms with Crippen LogP contribution in [0.15, 0.2) is 53.4 Å². The topological polar surface area (TPSA) is 60.9 Å². The van der Waals surface area contributed by atoms with Crippen LogP contribution in [-0.4, -0.2) is 63.9 Å². The average Bonchev–Trinajstić information content (AvgIpc) is 3.13. The van der Waals surface area contributed by atoms with E-state index in [9.17, 15) is 13.2 Å². The van der Waals surface area contributed by atoms with E-state index in [0.717, 1.165) is 30.8 Å². The molecule has 1 saturated heterocycles. The van der Waals surface area contributed by atoms with Crippen LogP contribution in [0.1, 0.15) is 15.9 Å². The minimum absolute atomic E-state index is 0.0430. The van der Waals surface area contributed by atoms with Crippen LogP contribution < -0.4 is 4.31 Å². The van der Waals surface area contributed by atoms with E-state index >= 15 is 0 Å². The lowest BCUT2D eigenvalue weighted by atomic mass is 10.2. The van der Waals surface area contributed by atoms with Gasteiger partial charge in [0, 0.05) is 38.3 Å². The normalized spacial score (nSPS) is 17.8. The second-order valence-electron chi connectivity index (χ2n) is 7.08. The van der Waals surface area contributed by atoms with Crippen molar-refractivity contribution in [2.24, 2.45) is 0 Å². The van der Waals surface area contributed by atoms with Crippen molar-refractivity contribution in [3.05, 3.63) is 59.7 Å². The predicted octanol–water partition coefficient (Wildman–Crippen LogP) is 1.83. The number of para-hydroxylation sites is 1. The average molecular weight is 385 g/mol. The first-order chi connectivity index (χ1) is 13.0. The SMILES string of the molecule is CN1CCN(C(=O)c2ccc(S(=O)(=O)N3CCc4ccccc43)cc2)CC1. The zero-order chi connectivity index (χ0) is 19.0. The highest BCUT2D eigenvalue weighted by molar-refractivity contribution is 7.92. The number of carbonyl (C=O) groups is 1. The second kappa shape index (κ2) is 6.98. The molecule has 0 unspecified atom stereocenters. The van der Waals surface area contributed by atoms with Crippen molar-refractivity contribution in [2.75, 3.05) is 44.1 Å². The van der Waals surface area contributed by atoms with Gasteiger partial charge in [0.15, 0.2) is 0 Å². The van der Waals surface area contributed by atoms with Crippen molar-refractivity contribution >= 4 is 21.6 Å². The molecule has 2 aliphatic rings. The lowest BCUT2D eigenvalue weighted by molar-refractivity contribution is 0.0664. The molecule has 1 fully saturated rings. The van der Waals surface area contributed by atoms with Crippen LogP contribution in [0.4, 0.5) is 5.69 Å². The Hall–Kier alpha value is -2.38. The number of fused-ring (bicyclic) bond motifs is 1. The zero-order valence-corrected chi connectivity index (χ0v) is 16.2. The van der Waals surface area contributed by atoms with Crippen LogP contribution >= 0.6 is 0 Å². The molecular formula is C20H23N3O3S. The summed E-state index contributed by atoms with van der Waals surface area (Å²) in [6, 6.07) is 13.9. The first kappa shape index (κ1) is 18.0. The Balaban J connectivity index is 1.55. The molecule has 0 saturated carbocycles. The smallest absolute Gasteiger partial charge is 0.264 e. The summed E-state index contributed by atoms with van der Waals surface area (Å²) in [5, 5.41) is 0. The highest BCUT2D eigenvalue weighted by Gasteiger charge is 2.30. The molecule has 6 nitrogen and oxygen atoms in total. The molecule has 27 heavy (non-hydrogen) atoms. The third-order valence-electron chi connectivity index (χ3n) is 5.32. The first-order valence-electron chi connectivity index (χ1n) is 9.15. The molecule has 2 aromatic carbocycles. The maximum absolute atomic E-state index is 13.0. The first-order valence-corrected chi connectivity index (χ1v) is 10.6. The third-order valence-corrected chi connectivity index (χ3v) is 7.15. The number of hydrogen-bond donors (Lipinski definition) is 0. The van der Waals surface area contributed by atoms with Crippen molar-refractivity contribution in [2.45, 2.75) is 11.3 Å². The van der Waals surface area contributed by atoms with Gasteiger partial charge in [-0.05, 0) is 49.4 Å². The highest BCUT2D eigenvalue weighted by Crippen LogP contribution is 2.32. The second-order valence-corrected chi connectivity index (χ2v) is 8.94. The number of hydrogen-bond acceptors (Lipinski definition) is 4. The van der Waals surface area contributed by atoms with Gasteiger partial charge in [-0.25, -0.2) is 8.42 Å². The van der Waals surface area contributed by atoms with Crippen molar-refractivity contribution in [1.82, 2.24) is 9.80 Å². The summed E-state index contributed by atoms with van der Waals surface area (Å²) in [7, 11) is -1.59. The number of nitrogens with zero attached hydrogens (tertiary/aromatic N) is 3. The molecule has 0 spiro atoms. The Kier molecular flexibility index (Phi) is 4.65. The summed E-state index contributed by atoms with van der Waals surface area (Å²) in [5.74, 6) is -0.0430. The van der Waals surface area contributed by atoms with Crippen LogP contribution in [0.25, 0.3) is 0 Å². The number of amides is 1. The number of benzene rings is 2. The summed E-state index contributed by atoms with van der Waals surface area (Å²) in [6.07, 6.45) is 0.718. The molecule has 2 aromatic rings. The maximum atomic E-state index is 13.0. The summed E-state index contributed by atoms with van der Waals surface area (Å²) in [6.45, 7) is 3.54. The Morgan fingerprint density at radius 3 is 2.26 bits per heavy atom. The molecule has 2 heterocycles. The summed E-state index contributed by atoms with van der Waals surface area (Å²) in [4.78, 5) is 16.9. The van der Waals surface area contributed by atoms with Gasteiger partial charge >= 0.3 is 0 Å². The van der Waals surface area contributed by atoms with E-state index < -0.39 is 10.0 Å². The fourth-order valence-electron chi connectivity index (χ4n) is 3.65. The van der Waals surface area contributed by atoms with Crippen LogP contribution in [0.5, 0.6) is 0 Å². The largest absolute Gasteiger partial charge is 0.336 e. The Morgan fingerprint density at radius 1 is 0.889 bits per heavy atom. The van der Waals surface area contributed by atoms with Gasteiger partial charge in [0.1, 0.15) is 0 Å². The number of anilines is 1. The number of piperazine rings is 1. The summed E-state index contributed by atoms with van der Waals surface area (Å²) < 4.78 is 27.5. The van der Waals surface area contributed by atoms with Crippen molar-refractivity contribution in [3.8, 4) is 0 Å². The van der Waals surface area contributed by atoms with Crippen LogP contribution in [-0.2, 0) is 16.4 Å². The molecule has 0 radical (unpaired) electrons. The van der Waals surface area contributed by atoms with Gasteiger partial charge in [0.05, 0.1) is 10.6 Å². The van der Waals surface area contributed by atoms with E-state index in [4.69, 9.17) is 0 Å². The third kappa shape index (κ3) is 3.33. The van der Waals surface area contributed by atoms with Gasteiger partial charge in [-0.3, -0.25) is 9.10 Å². The Labute approximate surface area is 160 Å². The lowest BCUT2D eigenvalue weighted by Gasteiger charge is -2.32. The summed E-state index contributed by atoms with van der Waals surface area (Å²) in [5.41, 5.74) is 2.32. The highest BCUT2D eigenvalue weighted by atomic mass is 32.2. The molecule has 0 bridgehead atoms. The summed E-state index contributed by atoms with van der Waals surface area (Å²) >= 11 is 0. The molecule has 142 valence electrons. The van der Waals surface area contributed by atoms with Gasteiger partial charge in [0.25, 0.3) is 15.9 Å². The molecule has 1 amide bonds. The van der Waals surface area contributed by atoms with Crippen molar-refractivity contribution in [3.63, 3.8) is 0 Å². The van der Waals surface area contributed by atoms with E-state index in [0.29, 0.717) is 25.2 Å². The van der Waals surface area contributed by atoms with Crippen molar-refractivity contribution in [1.29, 1.82) is 0 Å². The van der Waals surface area contributed by atoms with Crippen molar-refractivity contribution < 1.29 is 13.2 Å². The maximum Gasteiger partial charge on any atom is 0.264 e. The van der Waals surface area contributed by atoms with Crippen LogP contribution in [0.3, 0.4) is 0 Å². The van der Waals surface area contributed by atoms with E-state index in [2.05, 4.69) is 4.90 Å². The molecule has 0 N–H and O–H groups in total. The van der Waals surface area contributed by atoms with E-state index in [-0.39, 0.29) is 10.8 Å². The lowest BCUT2D eigenvalue weighted by Crippen LogP contribution is -2.47. The molecule has 7 heteroatoms. The molecular weight excluding hydrogens is 362 g/mol. The standard InChI is InChI=1S/C20H23N3O3S/c1-21-12-14-22(15-13-21)20(24)17-6-8-18(9-7-17)27(25,26)23-11-10-16-4-2-3-5-19(16)23/h2-9H,10-15H2,1H3. The zero-order valence-electron chi connectivity index (χ0n) is 15.3. The van der Waals surface area contributed by atoms with Gasteiger partial charge in [-0.1, -0.05) is 18.2 Å². The molecule has 0 aromatic heterocycles. The van der Waals surface area contributed by atoms with E-state index in [1.807, 2.05) is 36.2 Å². The molecule has 0 atom stereocenters. The number of rotatable bonds is 3. The minimum atomic E-state index is -3.62. The van der Waals surface area contributed by atoms with Gasteiger partial charge in [-0.2, -0.15) is 0 Å². The van der Waals surface area contributed by atoms with Gasteiger partial charge in [0.2, 0.25) is 0 Å². The number of carbonyl (C=O) groups excluding carboxylic acids is 1. The van der Waals surface area contributed by atoms with Crippen LogP contribution in [0, 0.1) is 0 Å². The van der Waals surface area contributed by atoms with Gasteiger partial charge < -0.3 is 9.80 Å². The quantitative estimate of drug-likeness (QED) is 0.809. The number of sulfonamides is 1. The fraction of sp³-hybridized carbons (Fsp3) is 0.350.